The summed E-state index contributed by atoms with van der Waals surface area (Å²) in [7, 11) is 1.62. The SMILES string of the molecule is COCCNC(=O)Cc1cn2cc(-c3[nH]c4ccc(C5CCNCC5)cc4c3C(C)C)cc(C)c2n1. The van der Waals surface area contributed by atoms with E-state index in [0.29, 0.717) is 25.0 Å². The molecule has 1 aliphatic heterocycles. The minimum atomic E-state index is -0.0457. The van der Waals surface area contributed by atoms with E-state index in [-0.39, 0.29) is 12.3 Å². The number of rotatable bonds is 8. The first-order valence-electron chi connectivity index (χ1n) is 13.0. The van der Waals surface area contributed by atoms with Crippen LogP contribution in [0.25, 0.3) is 27.8 Å². The van der Waals surface area contributed by atoms with Crippen LogP contribution >= 0.6 is 0 Å². The molecule has 5 rings (SSSR count). The molecule has 1 saturated heterocycles. The Balaban J connectivity index is 1.50. The van der Waals surface area contributed by atoms with Crippen LogP contribution in [-0.2, 0) is 16.0 Å². The van der Waals surface area contributed by atoms with Gasteiger partial charge in [-0.05, 0) is 79.6 Å². The summed E-state index contributed by atoms with van der Waals surface area (Å²) in [5, 5.41) is 7.68. The zero-order chi connectivity index (χ0) is 25.2. The van der Waals surface area contributed by atoms with Crippen LogP contribution in [0.3, 0.4) is 0 Å². The Bertz CT molecular complexity index is 1380. The molecule has 3 N–H and O–H groups in total. The van der Waals surface area contributed by atoms with Gasteiger partial charge in [-0.1, -0.05) is 19.9 Å². The number of H-pyrrole nitrogens is 1. The van der Waals surface area contributed by atoms with Gasteiger partial charge in [-0.25, -0.2) is 4.98 Å². The van der Waals surface area contributed by atoms with Crippen LogP contribution in [0.2, 0.25) is 0 Å². The standard InChI is InChI=1S/C29H37N5O2/c1-18(2)27-24-14-21(20-7-9-30-10-8-20)5-6-25(24)33-28(27)22-13-19(3)29-32-23(17-34(29)16-22)15-26(35)31-11-12-36-4/h5-6,13-14,16-18,20,30,33H,7-12,15H2,1-4H3,(H,31,35). The molecule has 4 aromatic rings. The number of ether oxygens (including phenoxy) is 1. The highest BCUT2D eigenvalue weighted by Crippen LogP contribution is 2.38. The fourth-order valence-electron chi connectivity index (χ4n) is 5.53. The molecule has 36 heavy (non-hydrogen) atoms. The Hall–Kier alpha value is -3.16. The Morgan fingerprint density at radius 1 is 1.22 bits per heavy atom. The molecule has 7 heteroatoms. The monoisotopic (exact) mass is 487 g/mol. The van der Waals surface area contributed by atoms with E-state index in [2.05, 4.69) is 71.3 Å². The minimum absolute atomic E-state index is 0.0457. The minimum Gasteiger partial charge on any atom is -0.383 e. The van der Waals surface area contributed by atoms with Gasteiger partial charge in [0.05, 0.1) is 24.4 Å². The molecule has 7 nitrogen and oxygen atoms in total. The molecule has 0 saturated carbocycles. The number of imidazole rings is 1. The number of carbonyl (C=O) groups excluding carboxylic acids is 1. The molecule has 4 heterocycles. The maximum Gasteiger partial charge on any atom is 0.226 e. The lowest BCUT2D eigenvalue weighted by Gasteiger charge is -2.23. The van der Waals surface area contributed by atoms with Crippen molar-refractivity contribution in [3.8, 4) is 11.3 Å². The van der Waals surface area contributed by atoms with Crippen LogP contribution in [-0.4, -0.2) is 53.6 Å². The van der Waals surface area contributed by atoms with Crippen LogP contribution < -0.4 is 10.6 Å². The van der Waals surface area contributed by atoms with Crippen molar-refractivity contribution in [2.24, 2.45) is 0 Å². The molecular formula is C29H37N5O2. The number of amides is 1. The van der Waals surface area contributed by atoms with Crippen LogP contribution in [0.1, 0.15) is 60.9 Å². The Kier molecular flexibility index (Phi) is 7.12. The molecule has 190 valence electrons. The molecule has 0 unspecified atom stereocenters. The summed E-state index contributed by atoms with van der Waals surface area (Å²) >= 11 is 0. The van der Waals surface area contributed by atoms with Gasteiger partial charge < -0.3 is 24.8 Å². The van der Waals surface area contributed by atoms with Gasteiger partial charge in [-0.2, -0.15) is 0 Å². The van der Waals surface area contributed by atoms with Crippen molar-refractivity contribution < 1.29 is 9.53 Å². The number of aromatic amines is 1. The molecule has 1 fully saturated rings. The highest BCUT2D eigenvalue weighted by molar-refractivity contribution is 5.92. The number of aryl methyl sites for hydroxylation is 1. The molecule has 3 aromatic heterocycles. The molecule has 1 aromatic carbocycles. The number of hydrogen-bond donors (Lipinski definition) is 3. The number of nitrogens with one attached hydrogen (secondary N) is 3. The van der Waals surface area contributed by atoms with Crippen molar-refractivity contribution >= 4 is 22.5 Å². The number of nitrogens with zero attached hydrogens (tertiary/aromatic N) is 2. The van der Waals surface area contributed by atoms with E-state index in [1.807, 2.05) is 6.20 Å². The second-order valence-electron chi connectivity index (χ2n) is 10.3. The molecular weight excluding hydrogens is 450 g/mol. The highest BCUT2D eigenvalue weighted by Gasteiger charge is 2.21. The summed E-state index contributed by atoms with van der Waals surface area (Å²) in [6, 6.07) is 9.18. The van der Waals surface area contributed by atoms with Crippen molar-refractivity contribution in [1.29, 1.82) is 0 Å². The molecule has 0 atom stereocenters. The van der Waals surface area contributed by atoms with Crippen LogP contribution in [0.15, 0.2) is 36.7 Å². The molecule has 0 aliphatic carbocycles. The maximum atomic E-state index is 12.3. The lowest BCUT2D eigenvalue weighted by Crippen LogP contribution is -2.28. The van der Waals surface area contributed by atoms with Crippen molar-refractivity contribution in [2.45, 2.75) is 51.9 Å². The second-order valence-corrected chi connectivity index (χ2v) is 10.3. The summed E-state index contributed by atoms with van der Waals surface area (Å²) in [5.41, 5.74) is 9.03. The van der Waals surface area contributed by atoms with Crippen molar-refractivity contribution in [3.05, 3.63) is 59.0 Å². The summed E-state index contributed by atoms with van der Waals surface area (Å²) in [4.78, 5) is 20.7. The summed E-state index contributed by atoms with van der Waals surface area (Å²) in [5.74, 6) is 0.960. The third-order valence-corrected chi connectivity index (χ3v) is 7.29. The van der Waals surface area contributed by atoms with E-state index >= 15 is 0 Å². The zero-order valence-corrected chi connectivity index (χ0v) is 21.8. The van der Waals surface area contributed by atoms with E-state index in [1.165, 1.54) is 40.6 Å². The Labute approximate surface area is 212 Å². The molecule has 1 aliphatic rings. The van der Waals surface area contributed by atoms with Gasteiger partial charge in [0.2, 0.25) is 5.91 Å². The summed E-state index contributed by atoms with van der Waals surface area (Å²) in [6.45, 7) is 9.82. The van der Waals surface area contributed by atoms with Gasteiger partial charge in [0.1, 0.15) is 5.65 Å². The smallest absolute Gasteiger partial charge is 0.226 e. The average Bonchev–Trinajstić information content (AvgIpc) is 3.45. The number of aromatic nitrogens is 3. The van der Waals surface area contributed by atoms with Crippen LogP contribution in [0.5, 0.6) is 0 Å². The van der Waals surface area contributed by atoms with Gasteiger partial charge in [0, 0.05) is 42.5 Å². The number of methoxy groups -OCH3 is 1. The summed E-state index contributed by atoms with van der Waals surface area (Å²) in [6.07, 6.45) is 6.75. The predicted octanol–water partition coefficient (Wildman–Crippen LogP) is 4.69. The number of piperidine rings is 1. The van der Waals surface area contributed by atoms with Gasteiger partial charge >= 0.3 is 0 Å². The molecule has 0 spiro atoms. The van der Waals surface area contributed by atoms with Gasteiger partial charge in [-0.3, -0.25) is 4.79 Å². The number of hydrogen-bond acceptors (Lipinski definition) is 4. The first-order chi connectivity index (χ1) is 17.4. The van der Waals surface area contributed by atoms with Crippen molar-refractivity contribution in [3.63, 3.8) is 0 Å². The molecule has 1 amide bonds. The number of benzene rings is 1. The lowest BCUT2D eigenvalue weighted by molar-refractivity contribution is -0.120. The van der Waals surface area contributed by atoms with Crippen molar-refractivity contribution in [1.82, 2.24) is 25.0 Å². The van der Waals surface area contributed by atoms with E-state index in [0.717, 1.165) is 35.6 Å². The Morgan fingerprint density at radius 2 is 2.03 bits per heavy atom. The molecule has 0 bridgehead atoms. The van der Waals surface area contributed by atoms with E-state index in [1.54, 1.807) is 7.11 Å². The third-order valence-electron chi connectivity index (χ3n) is 7.29. The topological polar surface area (TPSA) is 83.4 Å². The Morgan fingerprint density at radius 3 is 2.78 bits per heavy atom. The maximum absolute atomic E-state index is 12.3. The average molecular weight is 488 g/mol. The first kappa shape index (κ1) is 24.5. The van der Waals surface area contributed by atoms with Crippen LogP contribution in [0, 0.1) is 6.92 Å². The van der Waals surface area contributed by atoms with Gasteiger partial charge in [0.15, 0.2) is 0 Å². The van der Waals surface area contributed by atoms with E-state index < -0.39 is 0 Å². The fourth-order valence-corrected chi connectivity index (χ4v) is 5.53. The van der Waals surface area contributed by atoms with E-state index in [4.69, 9.17) is 9.72 Å². The third kappa shape index (κ3) is 4.90. The second kappa shape index (κ2) is 10.4. The van der Waals surface area contributed by atoms with Crippen LogP contribution in [0.4, 0.5) is 0 Å². The number of carbonyl (C=O) groups is 1. The first-order valence-corrected chi connectivity index (χ1v) is 13.0. The predicted molar refractivity (Wildman–Crippen MR) is 145 cm³/mol. The molecule has 0 radical (unpaired) electrons. The largest absolute Gasteiger partial charge is 0.383 e. The van der Waals surface area contributed by atoms with Gasteiger partial charge in [0.25, 0.3) is 0 Å². The number of pyridine rings is 1. The van der Waals surface area contributed by atoms with Crippen molar-refractivity contribution in [2.75, 3.05) is 33.4 Å². The van der Waals surface area contributed by atoms with Gasteiger partial charge in [-0.15, -0.1) is 0 Å². The fraction of sp³-hybridized carbons (Fsp3) is 0.448. The quantitative estimate of drug-likeness (QED) is 0.315. The zero-order valence-electron chi connectivity index (χ0n) is 21.8. The lowest BCUT2D eigenvalue weighted by atomic mass is 9.88. The normalized spacial score (nSPS) is 14.8. The summed E-state index contributed by atoms with van der Waals surface area (Å²) < 4.78 is 7.06. The van der Waals surface area contributed by atoms with E-state index in [9.17, 15) is 4.79 Å². The number of fused-ring (bicyclic) bond motifs is 2. The highest BCUT2D eigenvalue weighted by atomic mass is 16.5.